The summed E-state index contributed by atoms with van der Waals surface area (Å²) in [6, 6.07) is 2.66. The van der Waals surface area contributed by atoms with E-state index >= 15 is 0 Å². The molecule has 2 nitrogen and oxygen atoms in total. The second-order valence-electron chi connectivity index (χ2n) is 2.97. The van der Waals surface area contributed by atoms with Gasteiger partial charge in [0.2, 0.25) is 5.91 Å². The summed E-state index contributed by atoms with van der Waals surface area (Å²) in [4.78, 5) is 10.5. The van der Waals surface area contributed by atoms with Crippen molar-refractivity contribution in [3.05, 3.63) is 33.6 Å². The minimum absolute atomic E-state index is 0.116. The lowest BCUT2D eigenvalue weighted by molar-refractivity contribution is -0.118. The normalized spacial score (nSPS) is 9.25. The SMILES string of the molecule is CC(=O)NCC#Cc1cc(F)c(Cl)c(Cl)c1. The molecule has 1 aromatic rings. The molecule has 0 aliphatic heterocycles. The van der Waals surface area contributed by atoms with Gasteiger partial charge in [-0.25, -0.2) is 4.39 Å². The lowest BCUT2D eigenvalue weighted by Gasteiger charge is -1.98. The van der Waals surface area contributed by atoms with E-state index in [1.165, 1.54) is 19.1 Å². The fourth-order valence-corrected chi connectivity index (χ4v) is 1.26. The van der Waals surface area contributed by atoms with Gasteiger partial charge < -0.3 is 5.32 Å². The molecule has 0 saturated heterocycles. The highest BCUT2D eigenvalue weighted by Gasteiger charge is 2.05. The molecule has 0 saturated carbocycles. The Hall–Kier alpha value is -1.24. The molecule has 84 valence electrons. The van der Waals surface area contributed by atoms with Crippen molar-refractivity contribution in [2.45, 2.75) is 6.92 Å². The van der Waals surface area contributed by atoms with Crippen LogP contribution in [-0.2, 0) is 4.79 Å². The highest BCUT2D eigenvalue weighted by molar-refractivity contribution is 6.42. The number of hydrogen-bond acceptors (Lipinski definition) is 1. The molecule has 0 heterocycles. The molecular weight excluding hydrogens is 252 g/mol. The maximum atomic E-state index is 13.1. The van der Waals surface area contributed by atoms with Crippen LogP contribution in [0.4, 0.5) is 4.39 Å². The molecule has 0 aromatic heterocycles. The Morgan fingerprint density at radius 3 is 2.75 bits per heavy atom. The Kier molecular flexibility index (Phi) is 4.60. The van der Waals surface area contributed by atoms with E-state index in [-0.39, 0.29) is 22.5 Å². The first-order valence-electron chi connectivity index (χ1n) is 4.38. The van der Waals surface area contributed by atoms with Crippen LogP contribution in [0.25, 0.3) is 0 Å². The molecule has 0 unspecified atom stereocenters. The molecule has 1 aromatic carbocycles. The quantitative estimate of drug-likeness (QED) is 0.610. The monoisotopic (exact) mass is 259 g/mol. The number of rotatable bonds is 1. The van der Waals surface area contributed by atoms with E-state index in [0.717, 1.165) is 0 Å². The van der Waals surface area contributed by atoms with Gasteiger partial charge in [-0.3, -0.25) is 4.79 Å². The zero-order chi connectivity index (χ0) is 12.1. The summed E-state index contributed by atoms with van der Waals surface area (Å²) < 4.78 is 13.1. The van der Waals surface area contributed by atoms with Crippen molar-refractivity contribution < 1.29 is 9.18 Å². The third-order valence-corrected chi connectivity index (χ3v) is 2.42. The van der Waals surface area contributed by atoms with Crippen LogP contribution in [0.1, 0.15) is 12.5 Å². The average molecular weight is 260 g/mol. The minimum atomic E-state index is -0.613. The van der Waals surface area contributed by atoms with Crippen LogP contribution < -0.4 is 5.32 Å². The Morgan fingerprint density at radius 2 is 2.19 bits per heavy atom. The summed E-state index contributed by atoms with van der Waals surface area (Å²) >= 11 is 11.2. The van der Waals surface area contributed by atoms with E-state index in [1.54, 1.807) is 0 Å². The van der Waals surface area contributed by atoms with E-state index in [1.807, 2.05) is 0 Å². The van der Waals surface area contributed by atoms with Crippen LogP contribution in [0.15, 0.2) is 12.1 Å². The van der Waals surface area contributed by atoms with Crippen LogP contribution in [0.5, 0.6) is 0 Å². The van der Waals surface area contributed by atoms with E-state index in [9.17, 15) is 9.18 Å². The van der Waals surface area contributed by atoms with Gasteiger partial charge in [0, 0.05) is 12.5 Å². The van der Waals surface area contributed by atoms with Crippen LogP contribution >= 0.6 is 23.2 Å². The van der Waals surface area contributed by atoms with Crippen LogP contribution in [0.2, 0.25) is 10.0 Å². The molecule has 0 bridgehead atoms. The summed E-state index contributed by atoms with van der Waals surface area (Å²) in [6.45, 7) is 1.59. The fourth-order valence-electron chi connectivity index (χ4n) is 0.943. The Morgan fingerprint density at radius 1 is 1.50 bits per heavy atom. The van der Waals surface area contributed by atoms with Crippen LogP contribution in [0, 0.1) is 17.7 Å². The van der Waals surface area contributed by atoms with Gasteiger partial charge in [0.25, 0.3) is 0 Å². The predicted octanol–water partition coefficient (Wildman–Crippen LogP) is 2.62. The van der Waals surface area contributed by atoms with Crippen molar-refractivity contribution in [3.63, 3.8) is 0 Å². The Labute approximate surface area is 103 Å². The van der Waals surface area contributed by atoms with Crippen LogP contribution in [-0.4, -0.2) is 12.5 Å². The van der Waals surface area contributed by atoms with Crippen molar-refractivity contribution in [2.24, 2.45) is 0 Å². The zero-order valence-electron chi connectivity index (χ0n) is 8.40. The minimum Gasteiger partial charge on any atom is -0.345 e. The topological polar surface area (TPSA) is 29.1 Å². The van der Waals surface area contributed by atoms with Gasteiger partial charge in [0.05, 0.1) is 16.6 Å². The lowest BCUT2D eigenvalue weighted by atomic mass is 10.2. The molecular formula is C11H8Cl2FNO. The van der Waals surface area contributed by atoms with Gasteiger partial charge in [0.15, 0.2) is 0 Å². The molecule has 1 amide bonds. The summed E-state index contributed by atoms with van der Waals surface area (Å²) in [5.41, 5.74) is 0.414. The first-order valence-corrected chi connectivity index (χ1v) is 5.14. The number of carbonyl (C=O) groups is 1. The standard InChI is InChI=1S/C11H8Cl2FNO/c1-7(16)15-4-2-3-8-5-9(12)11(13)10(14)6-8/h5-6H,4H2,1H3,(H,15,16). The first kappa shape index (κ1) is 12.8. The average Bonchev–Trinajstić information content (AvgIpc) is 2.20. The van der Waals surface area contributed by atoms with Gasteiger partial charge in [-0.05, 0) is 12.1 Å². The van der Waals surface area contributed by atoms with Gasteiger partial charge in [0.1, 0.15) is 5.82 Å². The van der Waals surface area contributed by atoms with Crippen molar-refractivity contribution in [1.29, 1.82) is 0 Å². The van der Waals surface area contributed by atoms with Gasteiger partial charge in [-0.1, -0.05) is 35.0 Å². The van der Waals surface area contributed by atoms with E-state index in [4.69, 9.17) is 23.2 Å². The second kappa shape index (κ2) is 5.74. The number of carbonyl (C=O) groups excluding carboxylic acids is 1. The summed E-state index contributed by atoms with van der Waals surface area (Å²) in [7, 11) is 0. The molecule has 1 N–H and O–H groups in total. The predicted molar refractivity (Wildman–Crippen MR) is 62.0 cm³/mol. The molecule has 0 aliphatic rings. The fraction of sp³-hybridized carbons (Fsp3) is 0.182. The number of halogens is 3. The largest absolute Gasteiger partial charge is 0.345 e. The van der Waals surface area contributed by atoms with Crippen molar-refractivity contribution in [3.8, 4) is 11.8 Å². The lowest BCUT2D eigenvalue weighted by Crippen LogP contribution is -2.19. The molecule has 0 radical (unpaired) electrons. The number of hydrogen-bond donors (Lipinski definition) is 1. The number of nitrogens with one attached hydrogen (secondary N) is 1. The molecule has 1 rings (SSSR count). The van der Waals surface area contributed by atoms with E-state index < -0.39 is 5.82 Å². The first-order chi connectivity index (χ1) is 7.50. The van der Waals surface area contributed by atoms with Gasteiger partial charge >= 0.3 is 0 Å². The molecule has 0 spiro atoms. The summed E-state index contributed by atoms with van der Waals surface area (Å²) in [6.07, 6.45) is 0. The second-order valence-corrected chi connectivity index (χ2v) is 3.75. The number of amides is 1. The smallest absolute Gasteiger partial charge is 0.217 e. The van der Waals surface area contributed by atoms with E-state index in [0.29, 0.717) is 5.56 Å². The van der Waals surface area contributed by atoms with Gasteiger partial charge in [-0.2, -0.15) is 0 Å². The van der Waals surface area contributed by atoms with Crippen molar-refractivity contribution in [2.75, 3.05) is 6.54 Å². The number of benzene rings is 1. The Bertz CT molecular complexity index is 454. The molecule has 0 aliphatic carbocycles. The van der Waals surface area contributed by atoms with E-state index in [2.05, 4.69) is 17.2 Å². The maximum absolute atomic E-state index is 13.1. The van der Waals surface area contributed by atoms with Crippen LogP contribution in [0.3, 0.4) is 0 Å². The third kappa shape index (κ3) is 3.73. The van der Waals surface area contributed by atoms with Gasteiger partial charge in [-0.15, -0.1) is 0 Å². The Balaban J connectivity index is 2.78. The maximum Gasteiger partial charge on any atom is 0.217 e. The van der Waals surface area contributed by atoms with Crippen molar-refractivity contribution in [1.82, 2.24) is 5.32 Å². The molecule has 5 heteroatoms. The zero-order valence-corrected chi connectivity index (χ0v) is 9.92. The summed E-state index contributed by atoms with van der Waals surface area (Å²) in [5.74, 6) is 4.53. The molecule has 0 atom stereocenters. The highest BCUT2D eigenvalue weighted by atomic mass is 35.5. The molecule has 0 fully saturated rings. The summed E-state index contributed by atoms with van der Waals surface area (Å²) in [5, 5.41) is 2.49. The molecule has 16 heavy (non-hydrogen) atoms. The third-order valence-electron chi connectivity index (χ3n) is 1.64. The van der Waals surface area contributed by atoms with Crippen molar-refractivity contribution >= 4 is 29.1 Å². The highest BCUT2D eigenvalue weighted by Crippen LogP contribution is 2.25.